The zero-order chi connectivity index (χ0) is 34.0. The fraction of sp³-hybridized carbons (Fsp3) is 0.643. The molecule has 2 aromatic rings. The predicted octanol–water partition coefficient (Wildman–Crippen LogP) is 7.60. The van der Waals surface area contributed by atoms with Gasteiger partial charge in [0.05, 0.1) is 12.6 Å². The average molecular weight is 669 g/mol. The molecule has 2 aromatic carbocycles. The smallest absolute Gasteiger partial charge is 0.308 e. The Balaban J connectivity index is 1.15. The summed E-state index contributed by atoms with van der Waals surface area (Å²) in [7, 11) is 0. The zero-order valence-corrected chi connectivity index (χ0v) is 29.8. The third kappa shape index (κ3) is 6.94. The van der Waals surface area contributed by atoms with E-state index in [-0.39, 0.29) is 41.3 Å². The number of amides is 1. The van der Waals surface area contributed by atoms with Gasteiger partial charge in [0.25, 0.3) is 0 Å². The van der Waals surface area contributed by atoms with E-state index in [0.29, 0.717) is 24.6 Å². The maximum Gasteiger partial charge on any atom is 0.308 e. The first-order valence-corrected chi connectivity index (χ1v) is 19.4. The third-order valence-electron chi connectivity index (χ3n) is 12.7. The lowest BCUT2D eigenvalue weighted by Crippen LogP contribution is -2.69. The minimum absolute atomic E-state index is 0.0395. The van der Waals surface area contributed by atoms with Gasteiger partial charge in [-0.1, -0.05) is 81.3 Å². The van der Waals surface area contributed by atoms with Crippen LogP contribution in [0.2, 0.25) is 0 Å². The number of hydrogen-bond donors (Lipinski definition) is 0. The van der Waals surface area contributed by atoms with Crippen LogP contribution in [0.25, 0.3) is 0 Å². The van der Waals surface area contributed by atoms with E-state index in [2.05, 4.69) is 46.2 Å². The number of ether oxygens (including phenoxy) is 2. The Kier molecular flexibility index (Phi) is 10.5. The molecule has 7 nitrogen and oxygen atoms in total. The first kappa shape index (κ1) is 34.3. The van der Waals surface area contributed by atoms with Crippen molar-refractivity contribution >= 4 is 17.7 Å². The van der Waals surface area contributed by atoms with Crippen molar-refractivity contribution in [3.8, 4) is 11.5 Å². The van der Waals surface area contributed by atoms with Gasteiger partial charge < -0.3 is 14.4 Å². The molecule has 7 heteroatoms. The SMILES string of the molecule is CC(=O)CN1CC[C@]23c4c5ccc(OC(C)=O)c4O[C@H]2[C@H](N(CCCCc2ccccc2)C(=O)CCCCC2CCCCC2)CC[C@H]3[C@H]1C5. The molecule has 0 unspecified atom stereocenters. The van der Waals surface area contributed by atoms with Crippen molar-refractivity contribution in [1.29, 1.82) is 0 Å². The van der Waals surface area contributed by atoms with Crippen molar-refractivity contribution in [2.45, 2.75) is 140 Å². The highest BCUT2D eigenvalue weighted by molar-refractivity contribution is 5.78. The maximum absolute atomic E-state index is 14.4. The molecular weight excluding hydrogens is 612 g/mol. The molecule has 2 heterocycles. The summed E-state index contributed by atoms with van der Waals surface area (Å²) in [5.41, 5.74) is 3.54. The Morgan fingerprint density at radius 1 is 0.939 bits per heavy atom. The number of ketones is 1. The summed E-state index contributed by atoms with van der Waals surface area (Å²) in [4.78, 5) is 43.6. The minimum Gasteiger partial charge on any atom is -0.483 e. The fourth-order valence-electron chi connectivity index (χ4n) is 10.7. The van der Waals surface area contributed by atoms with Gasteiger partial charge in [0, 0.05) is 36.9 Å². The topological polar surface area (TPSA) is 76.2 Å². The van der Waals surface area contributed by atoms with Crippen LogP contribution in [-0.2, 0) is 32.6 Å². The molecule has 0 aromatic heterocycles. The number of carbonyl (C=O) groups excluding carboxylic acids is 3. The van der Waals surface area contributed by atoms with Gasteiger partial charge in [-0.15, -0.1) is 0 Å². The molecule has 2 bridgehead atoms. The van der Waals surface area contributed by atoms with Gasteiger partial charge in [-0.25, -0.2) is 0 Å². The highest BCUT2D eigenvalue weighted by Crippen LogP contribution is 2.64. The van der Waals surface area contributed by atoms with Crippen LogP contribution in [-0.4, -0.2) is 65.3 Å². The Labute approximate surface area is 293 Å². The van der Waals surface area contributed by atoms with Crippen LogP contribution in [0.3, 0.4) is 0 Å². The lowest BCUT2D eigenvalue weighted by molar-refractivity contribution is -0.144. The molecule has 264 valence electrons. The van der Waals surface area contributed by atoms with Crippen molar-refractivity contribution < 1.29 is 23.9 Å². The normalized spacial score (nSPS) is 27.2. The van der Waals surface area contributed by atoms with Crippen LogP contribution < -0.4 is 9.47 Å². The molecule has 1 saturated heterocycles. The van der Waals surface area contributed by atoms with Crippen LogP contribution in [0.1, 0.15) is 120 Å². The Hall–Kier alpha value is -3.19. The van der Waals surface area contributed by atoms with E-state index in [1.807, 2.05) is 6.07 Å². The lowest BCUT2D eigenvalue weighted by Gasteiger charge is -2.60. The second-order valence-electron chi connectivity index (χ2n) is 15.8. The summed E-state index contributed by atoms with van der Waals surface area (Å²) >= 11 is 0. The van der Waals surface area contributed by atoms with Gasteiger partial charge >= 0.3 is 5.97 Å². The second-order valence-corrected chi connectivity index (χ2v) is 15.8. The highest BCUT2D eigenvalue weighted by atomic mass is 16.6. The van der Waals surface area contributed by atoms with Crippen molar-refractivity contribution in [2.24, 2.45) is 11.8 Å². The zero-order valence-electron chi connectivity index (χ0n) is 29.8. The van der Waals surface area contributed by atoms with Gasteiger partial charge in [-0.2, -0.15) is 0 Å². The monoisotopic (exact) mass is 668 g/mol. The van der Waals surface area contributed by atoms with E-state index in [0.717, 1.165) is 82.5 Å². The molecular formula is C42H56N2O5. The van der Waals surface area contributed by atoms with Crippen molar-refractivity contribution in [3.05, 3.63) is 59.2 Å². The number of likely N-dealkylation sites (tertiary alicyclic amines) is 1. The van der Waals surface area contributed by atoms with Crippen molar-refractivity contribution in [1.82, 2.24) is 9.80 Å². The molecule has 0 radical (unpaired) electrons. The van der Waals surface area contributed by atoms with Crippen LogP contribution in [0.15, 0.2) is 42.5 Å². The highest BCUT2D eigenvalue weighted by Gasteiger charge is 2.66. The molecule has 5 atom stereocenters. The Morgan fingerprint density at radius 3 is 2.53 bits per heavy atom. The number of carbonyl (C=O) groups is 3. The maximum atomic E-state index is 14.4. The molecule has 1 spiro atoms. The first-order valence-electron chi connectivity index (χ1n) is 19.4. The molecule has 7 rings (SSSR count). The summed E-state index contributed by atoms with van der Waals surface area (Å²) < 4.78 is 12.9. The average Bonchev–Trinajstić information content (AvgIpc) is 3.45. The van der Waals surface area contributed by atoms with Crippen LogP contribution >= 0.6 is 0 Å². The van der Waals surface area contributed by atoms with Gasteiger partial charge in [-0.3, -0.25) is 19.3 Å². The summed E-state index contributed by atoms with van der Waals surface area (Å²) in [5, 5.41) is 0. The molecule has 2 saturated carbocycles. The van der Waals surface area contributed by atoms with Crippen LogP contribution in [0.4, 0.5) is 0 Å². The largest absolute Gasteiger partial charge is 0.483 e. The molecule has 5 aliphatic rings. The summed E-state index contributed by atoms with van der Waals surface area (Å²) in [6.45, 7) is 5.18. The van der Waals surface area contributed by atoms with Gasteiger partial charge in [0.1, 0.15) is 11.9 Å². The molecule has 2 aliphatic heterocycles. The van der Waals surface area contributed by atoms with Crippen molar-refractivity contribution in [3.63, 3.8) is 0 Å². The Bertz CT molecular complexity index is 1500. The van der Waals surface area contributed by atoms with E-state index < -0.39 is 0 Å². The molecule has 1 amide bonds. The van der Waals surface area contributed by atoms with E-state index in [4.69, 9.17) is 9.47 Å². The third-order valence-corrected chi connectivity index (χ3v) is 12.7. The number of aryl methyl sites for hydroxylation is 1. The number of unbranched alkanes of at least 4 members (excludes halogenated alkanes) is 2. The minimum atomic E-state index is -0.353. The summed E-state index contributed by atoms with van der Waals surface area (Å²) in [5.74, 6) is 2.51. The van der Waals surface area contributed by atoms with E-state index >= 15 is 0 Å². The second kappa shape index (κ2) is 15.0. The number of hydrogen-bond acceptors (Lipinski definition) is 6. The molecule has 3 aliphatic carbocycles. The number of benzene rings is 2. The number of rotatable bonds is 14. The molecule has 49 heavy (non-hydrogen) atoms. The van der Waals surface area contributed by atoms with E-state index in [1.54, 1.807) is 6.92 Å². The molecule has 3 fully saturated rings. The van der Waals surface area contributed by atoms with Gasteiger partial charge in [0.15, 0.2) is 11.5 Å². The van der Waals surface area contributed by atoms with Crippen LogP contribution in [0, 0.1) is 11.8 Å². The summed E-state index contributed by atoms with van der Waals surface area (Å²) in [6, 6.07) is 14.9. The predicted molar refractivity (Wildman–Crippen MR) is 191 cm³/mol. The quantitative estimate of drug-likeness (QED) is 0.117. The standard InChI is InChI=1S/C42H56N2O5/c1-29(45)28-43-26-24-42-34-21-22-35(41(42)49-40-37(48-30(2)46)23-20-33(39(40)42)27-36(34)43)44(25-12-11-18-32-15-7-4-8-16-32)38(47)19-10-9-17-31-13-5-3-6-14-31/h4,7-8,15-16,20,23,31,34-36,41H,3,5-6,9-14,17-19,21-22,24-28H2,1-2H3/t34-,35+,36+,41-,42-/m0/s1. The number of piperidine rings is 1. The van der Waals surface area contributed by atoms with Crippen LogP contribution in [0.5, 0.6) is 11.5 Å². The van der Waals surface area contributed by atoms with Gasteiger partial charge in [-0.05, 0) is 93.9 Å². The van der Waals surface area contributed by atoms with E-state index in [9.17, 15) is 14.4 Å². The van der Waals surface area contributed by atoms with Crippen molar-refractivity contribution in [2.75, 3.05) is 19.6 Å². The van der Waals surface area contributed by atoms with E-state index in [1.165, 1.54) is 62.1 Å². The lowest BCUT2D eigenvalue weighted by atomic mass is 9.51. The Morgan fingerprint density at radius 2 is 1.76 bits per heavy atom. The number of Topliss-reactive ketones (excluding diaryl/α,β-unsaturated/α-hetero) is 1. The summed E-state index contributed by atoms with van der Waals surface area (Å²) in [6.07, 6.45) is 17.2. The number of esters is 1. The van der Waals surface area contributed by atoms with Gasteiger partial charge in [0.2, 0.25) is 5.91 Å². The molecule has 0 N–H and O–H groups in total. The fourth-order valence-corrected chi connectivity index (χ4v) is 10.7. The number of nitrogens with zero attached hydrogens (tertiary/aromatic N) is 2. The first-order chi connectivity index (χ1) is 23.8.